The molecule has 0 saturated carbocycles. The van der Waals surface area contributed by atoms with E-state index < -0.39 is 17.7 Å². The summed E-state index contributed by atoms with van der Waals surface area (Å²) in [5.74, 6) is -0.152. The maximum absolute atomic E-state index is 13.8. The van der Waals surface area contributed by atoms with E-state index in [2.05, 4.69) is 10.2 Å². The largest absolute Gasteiger partial charge is 0.507 e. The standard InChI is InChI=1S/C36H27Cl2N3O5S2/c1-20-14-25-15-23(11-13-29(25)46-20)32(42)30-31(22-8-5-9-27(16-22)45-18-21-6-3-2-4-7-21)41(34(44)33(30)43)35-39-40-36(48-35)47-19-24-10-12-26(37)17-28(24)38/h2-13,15-17,20,31,42H,14,18-19H2,1H3/b32-30+/t20-,31-/m0/s1. The van der Waals surface area contributed by atoms with Gasteiger partial charge in [-0.25, -0.2) is 0 Å². The fourth-order valence-electron chi connectivity index (χ4n) is 5.72. The number of benzene rings is 4. The zero-order valence-electron chi connectivity index (χ0n) is 25.4. The minimum absolute atomic E-state index is 0.00166. The van der Waals surface area contributed by atoms with Crippen LogP contribution in [0.3, 0.4) is 0 Å². The molecule has 2 aliphatic heterocycles. The van der Waals surface area contributed by atoms with Crippen LogP contribution in [0.1, 0.15) is 40.8 Å². The fraction of sp³-hybridized carbons (Fsp3) is 0.167. The molecule has 242 valence electrons. The maximum atomic E-state index is 13.8. The number of aliphatic hydroxyl groups excluding tert-OH is 1. The van der Waals surface area contributed by atoms with Gasteiger partial charge in [0, 0.05) is 27.8 Å². The van der Waals surface area contributed by atoms with Crippen molar-refractivity contribution >= 4 is 68.9 Å². The van der Waals surface area contributed by atoms with Crippen molar-refractivity contribution in [3.8, 4) is 11.5 Å². The van der Waals surface area contributed by atoms with Gasteiger partial charge in [-0.3, -0.25) is 14.5 Å². The summed E-state index contributed by atoms with van der Waals surface area (Å²) < 4.78 is 12.5. The van der Waals surface area contributed by atoms with E-state index in [9.17, 15) is 14.7 Å². The third-order valence-corrected chi connectivity index (χ3v) is 10.7. The predicted molar refractivity (Wildman–Crippen MR) is 188 cm³/mol. The van der Waals surface area contributed by atoms with Crippen LogP contribution in [-0.4, -0.2) is 33.1 Å². The number of Topliss-reactive ketones (excluding diaryl/α,β-unsaturated/α-hetero) is 1. The van der Waals surface area contributed by atoms with Gasteiger partial charge >= 0.3 is 5.91 Å². The van der Waals surface area contributed by atoms with Crippen LogP contribution < -0.4 is 14.4 Å². The number of ether oxygens (including phenoxy) is 2. The molecule has 2 atom stereocenters. The first-order valence-corrected chi connectivity index (χ1v) is 17.6. The number of aliphatic hydroxyl groups is 1. The number of carbonyl (C=O) groups excluding carboxylic acids is 2. The molecular formula is C36H27Cl2N3O5S2. The summed E-state index contributed by atoms with van der Waals surface area (Å²) in [7, 11) is 0. The Hall–Kier alpha value is -4.35. The van der Waals surface area contributed by atoms with Gasteiger partial charge in [0.1, 0.15) is 30.0 Å². The molecule has 0 bridgehead atoms. The van der Waals surface area contributed by atoms with E-state index >= 15 is 0 Å². The monoisotopic (exact) mass is 715 g/mol. The Labute approximate surface area is 294 Å². The number of rotatable bonds is 9. The van der Waals surface area contributed by atoms with Crippen molar-refractivity contribution in [2.45, 2.75) is 42.2 Å². The van der Waals surface area contributed by atoms with Crippen LogP contribution in [-0.2, 0) is 28.4 Å². The normalized spacial score (nSPS) is 18.2. The predicted octanol–water partition coefficient (Wildman–Crippen LogP) is 8.67. The van der Waals surface area contributed by atoms with Crippen molar-refractivity contribution < 1.29 is 24.2 Å². The van der Waals surface area contributed by atoms with Crippen molar-refractivity contribution in [2.75, 3.05) is 4.90 Å². The van der Waals surface area contributed by atoms with Crippen LogP contribution in [0.25, 0.3) is 5.76 Å². The topological polar surface area (TPSA) is 102 Å². The van der Waals surface area contributed by atoms with Gasteiger partial charge in [0.25, 0.3) is 5.78 Å². The summed E-state index contributed by atoms with van der Waals surface area (Å²) in [5, 5.41) is 21.7. The minimum atomic E-state index is -0.995. The van der Waals surface area contributed by atoms with Crippen LogP contribution in [0.15, 0.2) is 101 Å². The van der Waals surface area contributed by atoms with Gasteiger partial charge in [0.2, 0.25) is 5.13 Å². The molecule has 4 aromatic carbocycles. The first-order chi connectivity index (χ1) is 23.2. The van der Waals surface area contributed by atoms with Crippen LogP contribution in [0.4, 0.5) is 5.13 Å². The van der Waals surface area contributed by atoms with Gasteiger partial charge in [0.05, 0.1) is 11.6 Å². The summed E-state index contributed by atoms with van der Waals surface area (Å²) in [4.78, 5) is 28.9. The molecule has 5 aromatic rings. The van der Waals surface area contributed by atoms with E-state index in [1.807, 2.05) is 49.4 Å². The molecule has 0 spiro atoms. The second kappa shape index (κ2) is 13.6. The van der Waals surface area contributed by atoms with Crippen molar-refractivity contribution in [1.82, 2.24) is 10.2 Å². The van der Waals surface area contributed by atoms with Crippen LogP contribution >= 0.6 is 46.3 Å². The Morgan fingerprint density at radius 2 is 1.85 bits per heavy atom. The molecule has 1 N–H and O–H groups in total. The molecule has 0 aliphatic carbocycles. The van der Waals surface area contributed by atoms with Crippen LogP contribution in [0.5, 0.6) is 11.5 Å². The smallest absolute Gasteiger partial charge is 0.301 e. The molecule has 0 radical (unpaired) electrons. The zero-order chi connectivity index (χ0) is 33.4. The summed E-state index contributed by atoms with van der Waals surface area (Å²) in [6.45, 7) is 2.30. The highest BCUT2D eigenvalue weighted by Gasteiger charge is 2.48. The molecule has 7 rings (SSSR count). The Balaban J connectivity index is 1.25. The third kappa shape index (κ3) is 6.53. The van der Waals surface area contributed by atoms with E-state index in [1.54, 1.807) is 48.5 Å². The van der Waals surface area contributed by atoms with Gasteiger partial charge in [-0.2, -0.15) is 0 Å². The Bertz CT molecular complexity index is 2070. The molecule has 1 fully saturated rings. The number of hydrogen-bond acceptors (Lipinski definition) is 9. The Kier molecular flexibility index (Phi) is 9.15. The number of nitrogens with zero attached hydrogens (tertiary/aromatic N) is 3. The molecule has 1 saturated heterocycles. The molecule has 48 heavy (non-hydrogen) atoms. The number of anilines is 1. The summed E-state index contributed by atoms with van der Waals surface area (Å²) in [6.07, 6.45) is 0.670. The second-order valence-corrected chi connectivity index (χ2v) is 14.4. The van der Waals surface area contributed by atoms with Crippen molar-refractivity contribution in [3.05, 3.63) is 134 Å². The van der Waals surface area contributed by atoms with E-state index in [4.69, 9.17) is 32.7 Å². The highest BCUT2D eigenvalue weighted by molar-refractivity contribution is 8.00. The average Bonchev–Trinajstić information content (AvgIpc) is 3.78. The minimum Gasteiger partial charge on any atom is -0.507 e. The molecule has 0 unspecified atom stereocenters. The lowest BCUT2D eigenvalue weighted by Crippen LogP contribution is -2.29. The molecular weight excluding hydrogens is 689 g/mol. The number of fused-ring (bicyclic) bond motifs is 1. The second-order valence-electron chi connectivity index (χ2n) is 11.3. The van der Waals surface area contributed by atoms with Crippen molar-refractivity contribution in [1.29, 1.82) is 0 Å². The Morgan fingerprint density at radius 3 is 2.67 bits per heavy atom. The average molecular weight is 717 g/mol. The van der Waals surface area contributed by atoms with Gasteiger partial charge in [0.15, 0.2) is 4.34 Å². The lowest BCUT2D eigenvalue weighted by Gasteiger charge is -2.23. The Morgan fingerprint density at radius 1 is 1.02 bits per heavy atom. The van der Waals surface area contributed by atoms with Crippen molar-refractivity contribution in [3.63, 3.8) is 0 Å². The quantitative estimate of drug-likeness (QED) is 0.0532. The number of aromatic nitrogens is 2. The number of carbonyl (C=O) groups is 2. The molecule has 2 aliphatic rings. The zero-order valence-corrected chi connectivity index (χ0v) is 28.6. The number of halogens is 2. The summed E-state index contributed by atoms with van der Waals surface area (Å²) in [5.41, 5.74) is 3.70. The fourth-order valence-corrected chi connectivity index (χ4v) is 8.15. The number of thioether (sulfide) groups is 1. The summed E-state index contributed by atoms with van der Waals surface area (Å²) >= 11 is 15.0. The number of hydrogen-bond donors (Lipinski definition) is 1. The number of amides is 1. The van der Waals surface area contributed by atoms with Gasteiger partial charge < -0.3 is 14.6 Å². The molecule has 1 aromatic heterocycles. The highest BCUT2D eigenvalue weighted by Crippen LogP contribution is 2.45. The maximum Gasteiger partial charge on any atom is 0.301 e. The summed E-state index contributed by atoms with van der Waals surface area (Å²) in [6, 6.07) is 26.5. The van der Waals surface area contributed by atoms with E-state index in [-0.39, 0.29) is 22.6 Å². The SMILES string of the molecule is C[C@H]1Cc2cc(/C(O)=C3\C(=O)C(=O)N(c4nnc(SCc5ccc(Cl)cc5Cl)s4)[C@H]3c3cccc(OCc4ccccc4)c3)ccc2O1. The third-order valence-electron chi connectivity index (χ3n) is 8.00. The number of ketones is 1. The van der Waals surface area contributed by atoms with Crippen LogP contribution in [0.2, 0.25) is 10.0 Å². The molecule has 3 heterocycles. The van der Waals surface area contributed by atoms with Gasteiger partial charge in [-0.15, -0.1) is 10.2 Å². The highest BCUT2D eigenvalue weighted by atomic mass is 35.5. The lowest BCUT2D eigenvalue weighted by atomic mass is 9.94. The van der Waals surface area contributed by atoms with E-state index in [0.717, 1.165) is 22.4 Å². The van der Waals surface area contributed by atoms with E-state index in [0.29, 0.717) is 50.0 Å². The van der Waals surface area contributed by atoms with Crippen LogP contribution in [0, 0.1) is 0 Å². The first-order valence-electron chi connectivity index (χ1n) is 15.0. The first kappa shape index (κ1) is 32.2. The van der Waals surface area contributed by atoms with Crippen molar-refractivity contribution in [2.24, 2.45) is 0 Å². The van der Waals surface area contributed by atoms with E-state index in [1.165, 1.54) is 28.0 Å². The molecule has 12 heteroatoms. The van der Waals surface area contributed by atoms with Gasteiger partial charge in [-0.1, -0.05) is 94.8 Å². The van der Waals surface area contributed by atoms with Gasteiger partial charge in [-0.05, 0) is 71.6 Å². The molecule has 8 nitrogen and oxygen atoms in total. The lowest BCUT2D eigenvalue weighted by molar-refractivity contribution is -0.132. The molecule has 1 amide bonds.